The minimum Gasteiger partial charge on any atom is -0.508 e. The Labute approximate surface area is 543 Å². The SMILES string of the molecule is CC(C)C[C@H](NC(=O)[C@@H](Cc1cccnc1)NC(=O)[C@H](Cc1ccc(O)cc1)NC(=O)[C@H](CO)NC(=O)[C@@H](CCCNc1n[nH]c(N)n1)NC(=O)[C@H](Cc1cnc[nH]1)NC(=O)[C@@H]1CCC(=O)N1)C(=O)N[C@@H](CCCCNC(C)C)C(=O)N1CCC[C@H]1C(=O)N[C@H](C)C(N)=O. The summed E-state index contributed by atoms with van der Waals surface area (Å²) in [4.78, 5) is 169. The van der Waals surface area contributed by atoms with Crippen molar-refractivity contribution in [2.45, 2.75) is 185 Å². The monoisotopic (exact) mass is 1310 g/mol. The number of nitrogens with one attached hydrogen (secondary N) is 13. The molecule has 0 saturated carbocycles. The lowest BCUT2D eigenvalue weighted by atomic mass is 9.99. The Morgan fingerprint density at radius 3 is 1.88 bits per heavy atom. The van der Waals surface area contributed by atoms with E-state index < -0.39 is 126 Å². The fourth-order valence-electron chi connectivity index (χ4n) is 10.6. The molecular formula is C61H90N20O13. The van der Waals surface area contributed by atoms with Crippen LogP contribution in [0.25, 0.3) is 0 Å². The summed E-state index contributed by atoms with van der Waals surface area (Å²) in [5, 5.41) is 57.5. The second kappa shape index (κ2) is 36.5. The fourth-order valence-corrected chi connectivity index (χ4v) is 10.6. The summed E-state index contributed by atoms with van der Waals surface area (Å²) in [6, 6.07) is -3.86. The number of hydrogen-bond acceptors (Lipinski definition) is 20. The molecule has 2 fully saturated rings. The van der Waals surface area contributed by atoms with Gasteiger partial charge in [0.25, 0.3) is 0 Å². The molecule has 11 amide bonds. The molecule has 2 aliphatic rings. The Kier molecular flexibility index (Phi) is 28.4. The van der Waals surface area contributed by atoms with E-state index in [2.05, 4.69) is 88.6 Å². The van der Waals surface area contributed by atoms with Crippen LogP contribution in [0.3, 0.4) is 0 Å². The largest absolute Gasteiger partial charge is 0.508 e. The van der Waals surface area contributed by atoms with Gasteiger partial charge in [-0.2, -0.15) is 4.98 Å². The molecule has 0 unspecified atom stereocenters. The molecule has 0 spiro atoms. The van der Waals surface area contributed by atoms with Gasteiger partial charge in [-0.1, -0.05) is 45.9 Å². The highest BCUT2D eigenvalue weighted by molar-refractivity contribution is 5.99. The van der Waals surface area contributed by atoms with Crippen molar-refractivity contribution in [1.82, 2.24) is 88.2 Å². The van der Waals surface area contributed by atoms with E-state index in [9.17, 15) is 63.0 Å². The zero-order valence-electron chi connectivity index (χ0n) is 53.5. The van der Waals surface area contributed by atoms with Crippen LogP contribution in [0.4, 0.5) is 11.9 Å². The van der Waals surface area contributed by atoms with Crippen LogP contribution in [0.2, 0.25) is 0 Å². The lowest BCUT2D eigenvalue weighted by Crippen LogP contribution is -2.61. The summed E-state index contributed by atoms with van der Waals surface area (Å²) in [5.41, 5.74) is 12.4. The van der Waals surface area contributed by atoms with Crippen molar-refractivity contribution >= 4 is 76.9 Å². The van der Waals surface area contributed by atoms with E-state index in [1.165, 1.54) is 61.0 Å². The zero-order chi connectivity index (χ0) is 68.4. The molecule has 6 rings (SSSR count). The van der Waals surface area contributed by atoms with Crippen molar-refractivity contribution in [3.63, 3.8) is 0 Å². The summed E-state index contributed by atoms with van der Waals surface area (Å²) in [5.74, 6) is -8.45. The van der Waals surface area contributed by atoms with Gasteiger partial charge in [-0.15, -0.1) is 5.10 Å². The summed E-state index contributed by atoms with van der Waals surface area (Å²) >= 11 is 0. The van der Waals surface area contributed by atoms with Gasteiger partial charge in [0, 0.05) is 69.1 Å². The van der Waals surface area contributed by atoms with Gasteiger partial charge >= 0.3 is 0 Å². The molecule has 2 aliphatic heterocycles. The Hall–Kier alpha value is -9.79. The van der Waals surface area contributed by atoms with Crippen molar-refractivity contribution in [3.8, 4) is 5.75 Å². The van der Waals surface area contributed by atoms with Gasteiger partial charge in [0.05, 0.1) is 12.9 Å². The third-order valence-corrected chi connectivity index (χ3v) is 15.7. The standard InChI is InChI=1S/C61H90N20O13/c1-33(2)25-43(53(88)72-42(12-6-7-22-66-34(3)4)59(94)81-24-10-14-48(81)58(93)69-35(5)50(62)85)73-55(90)45(27-37-11-8-21-64-29-37)74-54(89)44(26-36-15-17-39(83)18-16-36)75-57(92)47(31-82)77-51(86)40(13-9-23-67-61-78-60(63)79-80-61)71-56(91)46(28-38-30-65-32-68-38)76-52(87)41-19-20-49(84)70-41/h8,11,15-18,21,29-30,32-35,40-48,66,82-83H,6-7,9-10,12-14,19-20,22-28,31H2,1-5H3,(H2,62,85)(H,65,68)(H,69,93)(H,70,84)(H,71,91)(H,72,88)(H,73,90)(H,74,89)(H,75,92)(H,76,87)(H,77,86)(H4,63,67,78,79,80)/t35-,40-,41+,42+,43+,44+,45-,46+,47+,48+/m1/s1. The number of pyridine rings is 1. The third-order valence-electron chi connectivity index (χ3n) is 15.7. The van der Waals surface area contributed by atoms with Crippen LogP contribution in [-0.4, -0.2) is 203 Å². The fraction of sp³-hybridized carbons (Fsp3) is 0.557. The number of rotatable bonds is 38. The zero-order valence-corrected chi connectivity index (χ0v) is 53.5. The summed E-state index contributed by atoms with van der Waals surface area (Å²) in [7, 11) is 0. The molecular weight excluding hydrogens is 1220 g/mol. The number of aromatic nitrogens is 6. The summed E-state index contributed by atoms with van der Waals surface area (Å²) in [6.07, 6.45) is 7.56. The maximum atomic E-state index is 14.9. The first-order valence-electron chi connectivity index (χ1n) is 31.6. The number of aromatic amines is 2. The van der Waals surface area contributed by atoms with E-state index in [-0.39, 0.29) is 106 Å². The van der Waals surface area contributed by atoms with E-state index >= 15 is 0 Å². The summed E-state index contributed by atoms with van der Waals surface area (Å²) in [6.45, 7) is 8.97. The predicted molar refractivity (Wildman–Crippen MR) is 340 cm³/mol. The number of amides is 11. The first kappa shape index (κ1) is 73.3. The van der Waals surface area contributed by atoms with Gasteiger partial charge in [0.15, 0.2) is 0 Å². The number of benzene rings is 1. The maximum Gasteiger partial charge on any atom is 0.245 e. The molecule has 19 N–H and O–H groups in total. The lowest BCUT2D eigenvalue weighted by molar-refractivity contribution is -0.142. The Bertz CT molecular complexity index is 3190. The van der Waals surface area contributed by atoms with E-state index in [1.54, 1.807) is 12.1 Å². The molecule has 33 nitrogen and oxygen atoms in total. The first-order valence-corrected chi connectivity index (χ1v) is 31.6. The van der Waals surface area contributed by atoms with E-state index in [0.29, 0.717) is 49.0 Å². The number of imidazole rings is 1. The predicted octanol–water partition coefficient (Wildman–Crippen LogP) is -3.01. The number of carbonyl (C=O) groups is 11. The molecule has 0 aliphatic carbocycles. The number of hydrogen-bond donors (Lipinski definition) is 17. The van der Waals surface area contributed by atoms with Gasteiger partial charge in [0.1, 0.15) is 66.2 Å². The number of nitrogens with two attached hydrogens (primary N) is 2. The topological polar surface area (TPSA) is 499 Å². The van der Waals surface area contributed by atoms with Crippen LogP contribution < -0.4 is 70.0 Å². The number of anilines is 2. The quantitative estimate of drug-likeness (QED) is 0.0199. The van der Waals surface area contributed by atoms with Gasteiger partial charge in [-0.25, -0.2) is 10.1 Å². The van der Waals surface area contributed by atoms with Crippen molar-refractivity contribution < 1.29 is 63.0 Å². The molecule has 1 aromatic carbocycles. The smallest absolute Gasteiger partial charge is 0.245 e. The average Bonchev–Trinajstić information content (AvgIpc) is 1.55. The molecule has 10 atom stereocenters. The lowest BCUT2D eigenvalue weighted by Gasteiger charge is -2.31. The molecule has 5 heterocycles. The molecule has 2 saturated heterocycles. The molecule has 4 aromatic rings. The highest BCUT2D eigenvalue weighted by Crippen LogP contribution is 2.22. The van der Waals surface area contributed by atoms with E-state index in [0.717, 1.165) is 0 Å². The number of nitrogens with zero attached hydrogens (tertiary/aromatic N) is 5. The number of H-pyrrole nitrogens is 2. The Morgan fingerprint density at radius 1 is 0.670 bits per heavy atom. The van der Waals surface area contributed by atoms with Gasteiger partial charge in [0.2, 0.25) is 76.9 Å². The van der Waals surface area contributed by atoms with Gasteiger partial charge in [-0.05, 0) is 106 Å². The van der Waals surface area contributed by atoms with Crippen LogP contribution in [0, 0.1) is 5.92 Å². The highest BCUT2D eigenvalue weighted by Gasteiger charge is 2.40. The highest BCUT2D eigenvalue weighted by atomic mass is 16.3. The number of aliphatic hydroxyl groups is 1. The minimum atomic E-state index is -1.79. The van der Waals surface area contributed by atoms with Crippen LogP contribution in [-0.2, 0) is 72.0 Å². The number of primary amides is 1. The van der Waals surface area contributed by atoms with Gasteiger partial charge < -0.3 is 90.0 Å². The van der Waals surface area contributed by atoms with Crippen LogP contribution in [0.1, 0.15) is 116 Å². The third kappa shape index (κ3) is 23.4. The number of phenols is 1. The number of nitrogen functional groups attached to an aromatic ring is 1. The van der Waals surface area contributed by atoms with Crippen molar-refractivity contribution in [2.24, 2.45) is 11.7 Å². The average molecular weight is 1310 g/mol. The molecule has 94 heavy (non-hydrogen) atoms. The van der Waals surface area contributed by atoms with Crippen molar-refractivity contribution in [2.75, 3.05) is 37.3 Å². The van der Waals surface area contributed by atoms with Crippen LogP contribution >= 0.6 is 0 Å². The second-order valence-corrected chi connectivity index (χ2v) is 24.2. The number of phenolic OH excluding ortho intramolecular Hbond substituents is 1. The van der Waals surface area contributed by atoms with Gasteiger partial charge in [-0.3, -0.25) is 57.7 Å². The molecule has 512 valence electrons. The van der Waals surface area contributed by atoms with E-state index in [4.69, 9.17) is 11.5 Å². The van der Waals surface area contributed by atoms with Crippen molar-refractivity contribution in [3.05, 3.63) is 78.1 Å². The van der Waals surface area contributed by atoms with Crippen molar-refractivity contribution in [1.29, 1.82) is 0 Å². The Balaban J connectivity index is 1.23. The minimum absolute atomic E-state index is 0.0317. The molecule has 0 bridgehead atoms. The molecule has 3 aromatic heterocycles. The van der Waals surface area contributed by atoms with Crippen LogP contribution in [0.15, 0.2) is 61.3 Å². The molecule has 0 radical (unpaired) electrons. The second-order valence-electron chi connectivity index (χ2n) is 24.2. The Morgan fingerprint density at radius 2 is 1.29 bits per heavy atom. The normalized spacial score (nSPS) is 17.0. The summed E-state index contributed by atoms with van der Waals surface area (Å²) < 4.78 is 0. The number of carbonyl (C=O) groups excluding carboxylic acids is 11. The van der Waals surface area contributed by atoms with E-state index in [1.807, 2.05) is 27.7 Å². The van der Waals surface area contributed by atoms with Crippen LogP contribution in [0.5, 0.6) is 5.75 Å². The number of likely N-dealkylation sites (tertiary alicyclic amines) is 1. The first-order chi connectivity index (χ1) is 44.9. The molecule has 33 heteroatoms. The number of unbranched alkanes of at least 4 members (excludes halogenated alkanes) is 1. The maximum absolute atomic E-state index is 14.9. The number of aromatic hydroxyl groups is 1. The number of aliphatic hydroxyl groups excluding tert-OH is 1.